The van der Waals surface area contributed by atoms with Gasteiger partial charge in [0.25, 0.3) is 0 Å². The summed E-state index contributed by atoms with van der Waals surface area (Å²) >= 11 is 0. The van der Waals surface area contributed by atoms with Gasteiger partial charge in [-0.1, -0.05) is 19.0 Å². The Morgan fingerprint density at radius 3 is 2.85 bits per heavy atom. The molecule has 0 amide bonds. The highest BCUT2D eigenvalue weighted by atomic mass is 16.5. The zero-order chi connectivity index (χ0) is 19.0. The molecule has 1 saturated heterocycles. The first-order valence-corrected chi connectivity index (χ1v) is 9.97. The zero-order valence-electron chi connectivity index (χ0n) is 16.7. The van der Waals surface area contributed by atoms with E-state index in [0.717, 1.165) is 43.3 Å². The van der Waals surface area contributed by atoms with Crippen molar-refractivity contribution >= 4 is 10.9 Å². The van der Waals surface area contributed by atoms with Crippen LogP contribution in [0.25, 0.3) is 10.9 Å². The first-order valence-electron chi connectivity index (χ1n) is 9.97. The minimum Gasteiger partial charge on any atom is -0.497 e. The van der Waals surface area contributed by atoms with Gasteiger partial charge >= 0.3 is 0 Å². The van der Waals surface area contributed by atoms with Crippen molar-refractivity contribution in [3.63, 3.8) is 0 Å². The number of aryl methyl sites for hydroxylation is 1. The van der Waals surface area contributed by atoms with Crippen molar-refractivity contribution in [1.82, 2.24) is 14.6 Å². The quantitative estimate of drug-likeness (QED) is 0.607. The van der Waals surface area contributed by atoms with Crippen LogP contribution < -0.4 is 4.74 Å². The molecule has 0 radical (unpaired) electrons. The molecule has 1 atom stereocenters. The maximum absolute atomic E-state index is 5.71. The van der Waals surface area contributed by atoms with Crippen LogP contribution in [0.1, 0.15) is 62.6 Å². The van der Waals surface area contributed by atoms with Crippen molar-refractivity contribution in [2.75, 3.05) is 13.7 Å². The third-order valence-electron chi connectivity index (χ3n) is 5.72. The fourth-order valence-corrected chi connectivity index (χ4v) is 4.15. The molecule has 3 heterocycles. The molecule has 3 aromatic rings. The van der Waals surface area contributed by atoms with E-state index in [2.05, 4.69) is 59.8 Å². The number of fused-ring (bicyclic) bond motifs is 1. The number of aromatic nitrogens is 2. The lowest BCUT2D eigenvalue weighted by molar-refractivity contribution is 0.207. The van der Waals surface area contributed by atoms with Gasteiger partial charge in [0.2, 0.25) is 0 Å². The van der Waals surface area contributed by atoms with Crippen molar-refractivity contribution in [3.8, 4) is 5.75 Å². The smallest absolute Gasteiger partial charge is 0.154 e. The van der Waals surface area contributed by atoms with Crippen molar-refractivity contribution in [2.24, 2.45) is 0 Å². The Morgan fingerprint density at radius 1 is 1.30 bits per heavy atom. The van der Waals surface area contributed by atoms with Crippen LogP contribution in [0.4, 0.5) is 0 Å². The summed E-state index contributed by atoms with van der Waals surface area (Å²) in [5.41, 5.74) is 3.66. The summed E-state index contributed by atoms with van der Waals surface area (Å²) in [7, 11) is 1.73. The average Bonchev–Trinajstić information content (AvgIpc) is 3.40. The predicted octanol–water partition coefficient (Wildman–Crippen LogP) is 5.12. The highest BCUT2D eigenvalue weighted by molar-refractivity contribution is 5.85. The molecular formula is C22H29N3O2. The first-order chi connectivity index (χ1) is 13.1. The monoisotopic (exact) mass is 367 g/mol. The van der Waals surface area contributed by atoms with E-state index in [9.17, 15) is 0 Å². The number of hydrogen-bond acceptors (Lipinski definition) is 4. The van der Waals surface area contributed by atoms with Crippen LogP contribution >= 0.6 is 0 Å². The van der Waals surface area contributed by atoms with Gasteiger partial charge in [0, 0.05) is 36.3 Å². The van der Waals surface area contributed by atoms with E-state index in [1.807, 2.05) is 6.07 Å². The lowest BCUT2D eigenvalue weighted by atomic mass is 10.1. The average molecular weight is 367 g/mol. The number of nitrogens with zero attached hydrogens (tertiary/aromatic N) is 3. The SMILES string of the molecule is CCn1cc(CN2CCCC2c2cc(C(C)C)no2)c2cc(OC)ccc21. The number of benzene rings is 1. The fraction of sp³-hybridized carbons (Fsp3) is 0.500. The summed E-state index contributed by atoms with van der Waals surface area (Å²) in [5.74, 6) is 2.31. The Balaban J connectivity index is 1.64. The van der Waals surface area contributed by atoms with E-state index in [-0.39, 0.29) is 0 Å². The highest BCUT2D eigenvalue weighted by Gasteiger charge is 2.30. The van der Waals surface area contributed by atoms with Gasteiger partial charge in [-0.15, -0.1) is 0 Å². The normalized spacial score (nSPS) is 18.0. The van der Waals surface area contributed by atoms with Gasteiger partial charge in [-0.3, -0.25) is 4.90 Å². The number of hydrogen-bond donors (Lipinski definition) is 0. The number of likely N-dealkylation sites (tertiary alicyclic amines) is 1. The van der Waals surface area contributed by atoms with Crippen LogP contribution in [-0.2, 0) is 13.1 Å². The topological polar surface area (TPSA) is 43.4 Å². The predicted molar refractivity (Wildman–Crippen MR) is 107 cm³/mol. The van der Waals surface area contributed by atoms with E-state index in [0.29, 0.717) is 12.0 Å². The highest BCUT2D eigenvalue weighted by Crippen LogP contribution is 2.36. The molecule has 1 aliphatic heterocycles. The molecule has 1 aliphatic rings. The molecule has 0 spiro atoms. The molecule has 0 N–H and O–H groups in total. The molecule has 1 unspecified atom stereocenters. The van der Waals surface area contributed by atoms with Gasteiger partial charge < -0.3 is 13.8 Å². The fourth-order valence-electron chi connectivity index (χ4n) is 4.15. The minimum absolute atomic E-state index is 0.315. The van der Waals surface area contributed by atoms with E-state index in [4.69, 9.17) is 9.26 Å². The molecule has 5 heteroatoms. The van der Waals surface area contributed by atoms with E-state index in [1.54, 1.807) is 7.11 Å². The molecule has 2 aromatic heterocycles. The lowest BCUT2D eigenvalue weighted by Gasteiger charge is -2.22. The van der Waals surface area contributed by atoms with Gasteiger partial charge in [0.05, 0.1) is 18.8 Å². The maximum Gasteiger partial charge on any atom is 0.154 e. The first kappa shape index (κ1) is 18.1. The van der Waals surface area contributed by atoms with Gasteiger partial charge in [-0.2, -0.15) is 0 Å². The number of rotatable bonds is 6. The lowest BCUT2D eigenvalue weighted by Crippen LogP contribution is -2.22. The Morgan fingerprint density at radius 2 is 2.15 bits per heavy atom. The summed E-state index contributed by atoms with van der Waals surface area (Å²) < 4.78 is 13.5. The summed E-state index contributed by atoms with van der Waals surface area (Å²) in [4.78, 5) is 2.53. The summed E-state index contributed by atoms with van der Waals surface area (Å²) in [6.45, 7) is 9.46. The van der Waals surface area contributed by atoms with Crippen LogP contribution in [0.2, 0.25) is 0 Å². The number of methoxy groups -OCH3 is 1. The van der Waals surface area contributed by atoms with E-state index in [1.165, 1.54) is 22.9 Å². The van der Waals surface area contributed by atoms with E-state index < -0.39 is 0 Å². The molecule has 0 bridgehead atoms. The van der Waals surface area contributed by atoms with Crippen molar-refractivity contribution in [2.45, 2.75) is 58.7 Å². The summed E-state index contributed by atoms with van der Waals surface area (Å²) in [6.07, 6.45) is 4.61. The third kappa shape index (κ3) is 3.36. The van der Waals surface area contributed by atoms with Crippen molar-refractivity contribution in [1.29, 1.82) is 0 Å². The second-order valence-corrected chi connectivity index (χ2v) is 7.76. The molecule has 144 valence electrons. The standard InChI is InChI=1S/C22H29N3O2/c1-5-24-13-16(18-11-17(26-4)8-9-20(18)24)14-25-10-6-7-21(25)22-12-19(15(2)3)23-27-22/h8-9,11-13,15,21H,5-7,10,14H2,1-4H3. The van der Waals surface area contributed by atoms with Gasteiger partial charge in [-0.05, 0) is 56.0 Å². The molecule has 1 aromatic carbocycles. The summed E-state index contributed by atoms with van der Waals surface area (Å²) in [5, 5.41) is 5.55. The Bertz CT molecular complexity index is 925. The van der Waals surface area contributed by atoms with Crippen LogP contribution in [0.5, 0.6) is 5.75 Å². The molecule has 0 saturated carbocycles. The maximum atomic E-state index is 5.71. The Hall–Kier alpha value is -2.27. The van der Waals surface area contributed by atoms with Crippen LogP contribution in [0.3, 0.4) is 0 Å². The van der Waals surface area contributed by atoms with Crippen molar-refractivity contribution < 1.29 is 9.26 Å². The molecule has 27 heavy (non-hydrogen) atoms. The van der Waals surface area contributed by atoms with Gasteiger partial charge in [0.1, 0.15) is 5.75 Å². The Kier molecular flexibility index (Phi) is 4.96. The molecular weight excluding hydrogens is 338 g/mol. The summed E-state index contributed by atoms with van der Waals surface area (Å²) in [6, 6.07) is 8.82. The van der Waals surface area contributed by atoms with Crippen LogP contribution in [0, 0.1) is 0 Å². The molecule has 1 fully saturated rings. The van der Waals surface area contributed by atoms with E-state index >= 15 is 0 Å². The zero-order valence-corrected chi connectivity index (χ0v) is 16.7. The largest absolute Gasteiger partial charge is 0.497 e. The van der Waals surface area contributed by atoms with Gasteiger partial charge in [0.15, 0.2) is 5.76 Å². The molecule has 4 rings (SSSR count). The Labute approximate surface area is 160 Å². The number of ether oxygens (including phenoxy) is 1. The van der Waals surface area contributed by atoms with Crippen molar-refractivity contribution in [3.05, 3.63) is 47.5 Å². The molecule has 5 nitrogen and oxygen atoms in total. The van der Waals surface area contributed by atoms with Crippen LogP contribution in [-0.4, -0.2) is 28.3 Å². The van der Waals surface area contributed by atoms with Crippen LogP contribution in [0.15, 0.2) is 35.0 Å². The second-order valence-electron chi connectivity index (χ2n) is 7.76. The molecule has 0 aliphatic carbocycles. The minimum atomic E-state index is 0.315. The third-order valence-corrected chi connectivity index (χ3v) is 5.72. The second kappa shape index (κ2) is 7.39. The van der Waals surface area contributed by atoms with Gasteiger partial charge in [-0.25, -0.2) is 0 Å².